The number of aliphatic hydroxyl groups is 1. The highest BCUT2D eigenvalue weighted by Gasteiger charge is 2.43. The lowest BCUT2D eigenvalue weighted by atomic mass is 9.74. The van der Waals surface area contributed by atoms with E-state index in [4.69, 9.17) is 29.0 Å². The zero-order chi connectivity index (χ0) is 29.0. The summed E-state index contributed by atoms with van der Waals surface area (Å²) in [6, 6.07) is 7.29. The number of aliphatic imine (C=N–C) groups is 1. The Balaban J connectivity index is 1.63. The lowest BCUT2D eigenvalue weighted by molar-refractivity contribution is -0.174. The third-order valence-corrected chi connectivity index (χ3v) is 7.15. The number of methoxy groups -OCH3 is 2. The summed E-state index contributed by atoms with van der Waals surface area (Å²) < 4.78 is 22.2. The number of aromatic nitrogens is 1. The highest BCUT2D eigenvalue weighted by atomic mass is 16.5. The maximum absolute atomic E-state index is 12.6. The largest absolute Gasteiger partial charge is 0.493 e. The lowest BCUT2D eigenvalue weighted by Gasteiger charge is -2.39. The summed E-state index contributed by atoms with van der Waals surface area (Å²) in [5, 5.41) is 28.5. The van der Waals surface area contributed by atoms with E-state index in [1.165, 1.54) is 0 Å². The van der Waals surface area contributed by atoms with E-state index in [0.717, 1.165) is 22.4 Å². The van der Waals surface area contributed by atoms with Gasteiger partial charge in [-0.25, -0.2) is 9.78 Å². The number of carboxylic acid groups (broad SMARTS) is 2. The first-order valence-electron chi connectivity index (χ1n) is 12.9. The minimum Gasteiger partial charge on any atom is -0.493 e. The molecule has 0 saturated heterocycles. The van der Waals surface area contributed by atoms with Crippen molar-refractivity contribution in [2.75, 3.05) is 20.8 Å². The number of esters is 1. The van der Waals surface area contributed by atoms with Crippen LogP contribution in [0.15, 0.2) is 35.5 Å². The van der Waals surface area contributed by atoms with Gasteiger partial charge in [-0.1, -0.05) is 0 Å². The van der Waals surface area contributed by atoms with E-state index in [9.17, 15) is 24.6 Å². The van der Waals surface area contributed by atoms with Gasteiger partial charge >= 0.3 is 17.9 Å². The third kappa shape index (κ3) is 6.01. The average Bonchev–Trinajstić information content (AvgIpc) is 2.92. The predicted molar refractivity (Wildman–Crippen MR) is 140 cm³/mol. The molecule has 1 aromatic carbocycles. The summed E-state index contributed by atoms with van der Waals surface area (Å²) in [6.07, 6.45) is 0.431. The van der Waals surface area contributed by atoms with Gasteiger partial charge in [0.1, 0.15) is 6.10 Å². The molecule has 1 aliphatic heterocycles. The number of rotatable bonds is 11. The minimum atomic E-state index is -2.76. The number of aliphatic carboxylic acids is 2. The molecule has 4 rings (SSSR count). The van der Waals surface area contributed by atoms with Gasteiger partial charge in [0, 0.05) is 29.3 Å². The zero-order valence-corrected chi connectivity index (χ0v) is 22.5. The number of hydrogen-bond donors (Lipinski definition) is 3. The van der Waals surface area contributed by atoms with Crippen LogP contribution < -0.4 is 14.2 Å². The quantitative estimate of drug-likeness (QED) is 0.347. The summed E-state index contributed by atoms with van der Waals surface area (Å²) in [6.45, 7) is 2.30. The predicted octanol–water partition coefficient (Wildman–Crippen LogP) is 2.58. The Labute approximate surface area is 230 Å². The summed E-state index contributed by atoms with van der Waals surface area (Å²) in [7, 11) is 3.10. The Morgan fingerprint density at radius 1 is 1.05 bits per heavy atom. The summed E-state index contributed by atoms with van der Waals surface area (Å²) in [4.78, 5) is 44.5. The van der Waals surface area contributed by atoms with Crippen LogP contribution >= 0.6 is 0 Å². The van der Waals surface area contributed by atoms with Crippen LogP contribution in [0.3, 0.4) is 0 Å². The van der Waals surface area contributed by atoms with Gasteiger partial charge in [-0.05, 0) is 49.9 Å². The van der Waals surface area contributed by atoms with Gasteiger partial charge in [0.05, 0.1) is 45.4 Å². The van der Waals surface area contributed by atoms with Crippen LogP contribution in [-0.2, 0) is 19.1 Å². The molecule has 0 bridgehead atoms. The number of carboxylic acids is 2. The third-order valence-electron chi connectivity index (χ3n) is 7.15. The number of benzene rings is 1. The Hall–Kier alpha value is -4.19. The van der Waals surface area contributed by atoms with Gasteiger partial charge in [0.25, 0.3) is 0 Å². The number of pyridine rings is 1. The maximum atomic E-state index is 12.6. The van der Waals surface area contributed by atoms with Crippen LogP contribution in [0.1, 0.15) is 61.6 Å². The van der Waals surface area contributed by atoms with Gasteiger partial charge < -0.3 is 34.3 Å². The number of nitrogens with zero attached hydrogens (tertiary/aromatic N) is 2. The highest BCUT2D eigenvalue weighted by Crippen LogP contribution is 2.45. The van der Waals surface area contributed by atoms with Gasteiger partial charge in [-0.3, -0.25) is 14.6 Å². The number of ether oxygens (including phenoxy) is 4. The fourth-order valence-corrected chi connectivity index (χ4v) is 5.26. The van der Waals surface area contributed by atoms with Crippen molar-refractivity contribution in [3.63, 3.8) is 0 Å². The average molecular weight is 557 g/mol. The van der Waals surface area contributed by atoms with Crippen LogP contribution in [0.2, 0.25) is 0 Å². The molecule has 1 aromatic heterocycles. The molecule has 40 heavy (non-hydrogen) atoms. The topological polar surface area (TPSA) is 174 Å². The molecule has 1 fully saturated rings. The van der Waals surface area contributed by atoms with Gasteiger partial charge in [0.15, 0.2) is 17.1 Å². The Bertz CT molecular complexity index is 1310. The maximum Gasteiger partial charge on any atom is 0.336 e. The van der Waals surface area contributed by atoms with E-state index in [1.54, 1.807) is 26.5 Å². The van der Waals surface area contributed by atoms with Crippen molar-refractivity contribution in [1.82, 2.24) is 4.98 Å². The van der Waals surface area contributed by atoms with Crippen LogP contribution in [0, 0.1) is 0 Å². The van der Waals surface area contributed by atoms with Crippen molar-refractivity contribution >= 4 is 23.6 Å². The van der Waals surface area contributed by atoms with E-state index < -0.39 is 42.5 Å². The van der Waals surface area contributed by atoms with Gasteiger partial charge in [-0.2, -0.15) is 0 Å². The fourth-order valence-electron chi connectivity index (χ4n) is 5.26. The highest BCUT2D eigenvalue weighted by molar-refractivity contribution is 6.14. The van der Waals surface area contributed by atoms with E-state index in [0.29, 0.717) is 43.2 Å². The summed E-state index contributed by atoms with van der Waals surface area (Å²) >= 11 is 0. The lowest BCUT2D eigenvalue weighted by Crippen LogP contribution is -2.44. The van der Waals surface area contributed by atoms with Crippen molar-refractivity contribution in [3.05, 3.63) is 47.2 Å². The Morgan fingerprint density at radius 3 is 2.42 bits per heavy atom. The standard InChI is InChI=1S/C28H32N2O10/c1-4-39-22-10-17-18-9-16(40-25(33)13-28(36,27(34)35)12-24(31)32)6-7-20(18)30-26(19(17)11-21(22)37-2)15-5-8-23(38-3)29-14-15/h5,8,10-11,14,16,18,20,36H,4,6-7,9,12-13H2,1-3H3,(H,31,32)(H,34,35)/t16-,18-,20-,28?/m1/s1. The number of carbonyl (C=O) groups excluding carboxylic acids is 1. The first-order valence-corrected chi connectivity index (χ1v) is 12.9. The Morgan fingerprint density at radius 2 is 1.82 bits per heavy atom. The summed E-state index contributed by atoms with van der Waals surface area (Å²) in [5.74, 6) is -2.90. The van der Waals surface area contributed by atoms with Crippen molar-refractivity contribution < 1.29 is 48.7 Å². The molecule has 12 heteroatoms. The second-order valence-electron chi connectivity index (χ2n) is 9.77. The zero-order valence-electron chi connectivity index (χ0n) is 22.5. The van der Waals surface area contributed by atoms with Crippen LogP contribution in [0.25, 0.3) is 0 Å². The van der Waals surface area contributed by atoms with Crippen LogP contribution in [0.5, 0.6) is 17.4 Å². The molecule has 2 aromatic rings. The second-order valence-corrected chi connectivity index (χ2v) is 9.77. The number of carbonyl (C=O) groups is 3. The smallest absolute Gasteiger partial charge is 0.336 e. The minimum absolute atomic E-state index is 0.134. The van der Waals surface area contributed by atoms with E-state index in [-0.39, 0.29) is 12.0 Å². The summed E-state index contributed by atoms with van der Waals surface area (Å²) in [5.41, 5.74) is 0.535. The van der Waals surface area contributed by atoms with Crippen LogP contribution in [-0.4, -0.2) is 82.5 Å². The van der Waals surface area contributed by atoms with Gasteiger partial charge in [0.2, 0.25) is 5.88 Å². The van der Waals surface area contributed by atoms with Crippen molar-refractivity contribution in [3.8, 4) is 17.4 Å². The van der Waals surface area contributed by atoms with E-state index in [2.05, 4.69) is 4.98 Å². The van der Waals surface area contributed by atoms with Crippen molar-refractivity contribution in [2.45, 2.75) is 62.7 Å². The molecule has 1 saturated carbocycles. The van der Waals surface area contributed by atoms with E-state index >= 15 is 0 Å². The molecular weight excluding hydrogens is 524 g/mol. The molecular formula is C28H32N2O10. The van der Waals surface area contributed by atoms with Crippen molar-refractivity contribution in [1.29, 1.82) is 0 Å². The van der Waals surface area contributed by atoms with Crippen LogP contribution in [0.4, 0.5) is 0 Å². The molecule has 2 heterocycles. The molecule has 3 N–H and O–H groups in total. The number of hydrogen-bond acceptors (Lipinski definition) is 10. The molecule has 12 nitrogen and oxygen atoms in total. The van der Waals surface area contributed by atoms with E-state index in [1.807, 2.05) is 25.1 Å². The number of fused-ring (bicyclic) bond motifs is 3. The molecule has 0 radical (unpaired) electrons. The monoisotopic (exact) mass is 556 g/mol. The second kappa shape index (κ2) is 11.9. The van der Waals surface area contributed by atoms with Gasteiger partial charge in [-0.15, -0.1) is 0 Å². The first-order chi connectivity index (χ1) is 19.1. The molecule has 1 aliphatic carbocycles. The fraction of sp³-hybridized carbons (Fsp3) is 0.464. The molecule has 0 amide bonds. The SMILES string of the molecule is CCOc1cc2c(cc1OC)C(c1ccc(OC)nc1)=N[C@@H]1CC[C@@H](OC(=O)CC(O)(CC(=O)O)C(=O)O)C[C@H]21. The molecule has 0 spiro atoms. The first kappa shape index (κ1) is 28.8. The van der Waals surface area contributed by atoms with Crippen molar-refractivity contribution in [2.24, 2.45) is 4.99 Å². The normalized spacial score (nSPS) is 21.1. The Kier molecular flexibility index (Phi) is 8.58. The molecule has 214 valence electrons. The molecule has 4 atom stereocenters. The molecule has 1 unspecified atom stereocenters. The molecule has 2 aliphatic rings.